The molecule has 0 radical (unpaired) electrons. The number of benzene rings is 2. The summed E-state index contributed by atoms with van der Waals surface area (Å²) in [5.74, 6) is 0.555. The number of anilines is 3. The van der Waals surface area contributed by atoms with Gasteiger partial charge in [-0.05, 0) is 43.3 Å². The average molecular weight is 523 g/mol. The highest BCUT2D eigenvalue weighted by Crippen LogP contribution is 2.39. The van der Waals surface area contributed by atoms with Gasteiger partial charge in [0.2, 0.25) is 5.95 Å². The van der Waals surface area contributed by atoms with Crippen molar-refractivity contribution in [2.45, 2.75) is 6.92 Å². The number of aromatic nitrogens is 5. The van der Waals surface area contributed by atoms with E-state index in [4.69, 9.17) is 23.2 Å². The summed E-state index contributed by atoms with van der Waals surface area (Å²) >= 11 is 14.1. The summed E-state index contributed by atoms with van der Waals surface area (Å²) in [7, 11) is 0. The number of fused-ring (bicyclic) bond motifs is 2. The Morgan fingerprint density at radius 3 is 2.57 bits per heavy atom. The number of rotatable bonds is 5. The highest BCUT2D eigenvalue weighted by molar-refractivity contribution is 7.00. The van der Waals surface area contributed by atoms with Crippen LogP contribution >= 0.6 is 34.9 Å². The monoisotopic (exact) mass is 522 g/mol. The summed E-state index contributed by atoms with van der Waals surface area (Å²) in [6.07, 6.45) is 1.63. The molecule has 0 fully saturated rings. The number of amides is 2. The fourth-order valence-corrected chi connectivity index (χ4v) is 4.50. The normalized spacial score (nSPS) is 10.9. The molecule has 5 rings (SSSR count). The molecule has 3 heterocycles. The first-order chi connectivity index (χ1) is 16.9. The largest absolute Gasteiger partial charge is 0.324 e. The molecule has 9 nitrogen and oxygen atoms in total. The Balaban J connectivity index is 1.58. The zero-order chi connectivity index (χ0) is 24.5. The van der Waals surface area contributed by atoms with Gasteiger partial charge in [0.15, 0.2) is 5.65 Å². The minimum atomic E-state index is -0.508. The number of carbonyl (C=O) groups is 1. The molecule has 0 aliphatic rings. The summed E-state index contributed by atoms with van der Waals surface area (Å²) in [5.41, 5.74) is 4.23. The molecule has 12 heteroatoms. The number of hydrogen-bond donors (Lipinski definition) is 3. The Kier molecular flexibility index (Phi) is 6.16. The standard InChI is InChI=1S/C23H16Cl2N8OS/c1-11(2)27-23(34)31-21-14(19-15(24)4-3-5-16(19)25)8-12-10-26-22(30-20(12)29-21)28-13-6-7-17-18(9-13)33-35-32-17/h3-10H,1H2,2H3,(H3,26,27,28,29,30,31,34). The molecule has 0 atom stereocenters. The first kappa shape index (κ1) is 22.9. The first-order valence-electron chi connectivity index (χ1n) is 10.2. The molecule has 35 heavy (non-hydrogen) atoms. The van der Waals surface area contributed by atoms with Crippen molar-refractivity contribution in [1.29, 1.82) is 0 Å². The summed E-state index contributed by atoms with van der Waals surface area (Å²) in [4.78, 5) is 26.0. The van der Waals surface area contributed by atoms with Crippen molar-refractivity contribution in [3.8, 4) is 11.1 Å². The fraction of sp³-hybridized carbons (Fsp3) is 0.0435. The van der Waals surface area contributed by atoms with E-state index in [0.29, 0.717) is 43.9 Å². The van der Waals surface area contributed by atoms with E-state index in [1.807, 2.05) is 18.2 Å². The summed E-state index contributed by atoms with van der Waals surface area (Å²) in [6.45, 7) is 5.36. The minimum Gasteiger partial charge on any atom is -0.324 e. The Morgan fingerprint density at radius 1 is 1.03 bits per heavy atom. The molecular formula is C23H16Cl2N8OS. The van der Waals surface area contributed by atoms with Gasteiger partial charge >= 0.3 is 6.03 Å². The van der Waals surface area contributed by atoms with Crippen molar-refractivity contribution in [3.05, 3.63) is 71.0 Å². The van der Waals surface area contributed by atoms with E-state index in [-0.39, 0.29) is 5.82 Å². The van der Waals surface area contributed by atoms with Crippen LogP contribution in [0.2, 0.25) is 10.0 Å². The third kappa shape index (κ3) is 4.85. The number of urea groups is 1. The second kappa shape index (κ2) is 9.41. The SMILES string of the molecule is C=C(C)NC(=O)Nc1nc2nc(Nc3ccc4nsnc4c3)ncc2cc1-c1c(Cl)cccc1Cl. The lowest BCUT2D eigenvalue weighted by Gasteiger charge is -2.15. The number of hydrogen-bond acceptors (Lipinski definition) is 8. The molecule has 5 aromatic rings. The van der Waals surface area contributed by atoms with Crippen LogP contribution in [0, 0.1) is 0 Å². The van der Waals surface area contributed by atoms with Gasteiger partial charge in [-0.25, -0.2) is 14.8 Å². The highest BCUT2D eigenvalue weighted by Gasteiger charge is 2.18. The molecule has 2 aromatic carbocycles. The molecule has 0 unspecified atom stereocenters. The topological polar surface area (TPSA) is 118 Å². The van der Waals surface area contributed by atoms with E-state index >= 15 is 0 Å². The molecular weight excluding hydrogens is 507 g/mol. The zero-order valence-electron chi connectivity index (χ0n) is 18.1. The molecule has 0 bridgehead atoms. The van der Waals surface area contributed by atoms with Crippen LogP contribution in [0.5, 0.6) is 0 Å². The number of allylic oxidation sites excluding steroid dienone is 1. The Hall–Kier alpha value is -3.86. The van der Waals surface area contributed by atoms with Gasteiger partial charge in [-0.1, -0.05) is 35.8 Å². The molecule has 0 spiro atoms. The fourth-order valence-electron chi connectivity index (χ4n) is 3.39. The van der Waals surface area contributed by atoms with Crippen molar-refractivity contribution in [2.75, 3.05) is 10.6 Å². The van der Waals surface area contributed by atoms with Gasteiger partial charge in [-0.15, -0.1) is 0 Å². The van der Waals surface area contributed by atoms with Gasteiger partial charge in [-0.3, -0.25) is 5.32 Å². The first-order valence-corrected chi connectivity index (χ1v) is 11.7. The van der Waals surface area contributed by atoms with Crippen molar-refractivity contribution in [3.63, 3.8) is 0 Å². The van der Waals surface area contributed by atoms with E-state index in [1.165, 1.54) is 0 Å². The molecule has 0 aliphatic carbocycles. The lowest BCUT2D eigenvalue weighted by Crippen LogP contribution is -2.27. The summed E-state index contributed by atoms with van der Waals surface area (Å²) in [6, 6.07) is 12.0. The van der Waals surface area contributed by atoms with Crippen LogP contribution in [-0.2, 0) is 0 Å². The third-order valence-corrected chi connectivity index (χ3v) is 6.06. The second-order valence-corrected chi connectivity index (χ2v) is 8.88. The lowest BCUT2D eigenvalue weighted by atomic mass is 10.0. The molecule has 0 aliphatic heterocycles. The van der Waals surface area contributed by atoms with Crippen LogP contribution in [0.25, 0.3) is 33.2 Å². The molecule has 3 N–H and O–H groups in total. The predicted molar refractivity (Wildman–Crippen MR) is 140 cm³/mol. The van der Waals surface area contributed by atoms with Gasteiger partial charge in [0.05, 0.1) is 21.8 Å². The van der Waals surface area contributed by atoms with Crippen LogP contribution in [0.15, 0.2) is 60.9 Å². The van der Waals surface area contributed by atoms with E-state index in [1.54, 1.807) is 37.4 Å². The number of pyridine rings is 1. The maximum Gasteiger partial charge on any atom is 0.324 e. The minimum absolute atomic E-state index is 0.228. The second-order valence-electron chi connectivity index (χ2n) is 7.54. The Bertz CT molecular complexity index is 1600. The van der Waals surface area contributed by atoms with E-state index in [9.17, 15) is 4.79 Å². The van der Waals surface area contributed by atoms with Crippen LogP contribution in [0.1, 0.15) is 6.92 Å². The van der Waals surface area contributed by atoms with Crippen molar-refractivity contribution < 1.29 is 4.79 Å². The lowest BCUT2D eigenvalue weighted by molar-refractivity contribution is 0.254. The number of carbonyl (C=O) groups excluding carboxylic acids is 1. The molecule has 2 amide bonds. The Labute approximate surface area is 213 Å². The number of nitrogens with one attached hydrogen (secondary N) is 3. The zero-order valence-corrected chi connectivity index (χ0v) is 20.5. The van der Waals surface area contributed by atoms with Crippen molar-refractivity contribution >= 4 is 80.5 Å². The van der Waals surface area contributed by atoms with Gasteiger partial charge in [0, 0.05) is 34.1 Å². The predicted octanol–water partition coefficient (Wildman–Crippen LogP) is 6.40. The van der Waals surface area contributed by atoms with Crippen molar-refractivity contribution in [2.24, 2.45) is 0 Å². The van der Waals surface area contributed by atoms with E-state index < -0.39 is 6.03 Å². The smallest absolute Gasteiger partial charge is 0.324 e. The maximum absolute atomic E-state index is 12.5. The number of halogens is 2. The average Bonchev–Trinajstić information content (AvgIpc) is 3.26. The molecule has 3 aromatic heterocycles. The van der Waals surface area contributed by atoms with Crippen LogP contribution in [-0.4, -0.2) is 29.7 Å². The van der Waals surface area contributed by atoms with Crippen molar-refractivity contribution in [1.82, 2.24) is 29.0 Å². The van der Waals surface area contributed by atoms with Crippen LogP contribution in [0.3, 0.4) is 0 Å². The van der Waals surface area contributed by atoms with E-state index in [2.05, 4.69) is 46.2 Å². The Morgan fingerprint density at radius 2 is 1.80 bits per heavy atom. The molecule has 0 saturated carbocycles. The van der Waals surface area contributed by atoms with Gasteiger partial charge in [0.25, 0.3) is 0 Å². The summed E-state index contributed by atoms with van der Waals surface area (Å²) in [5, 5.41) is 9.94. The van der Waals surface area contributed by atoms with Crippen LogP contribution in [0.4, 0.5) is 22.2 Å². The summed E-state index contributed by atoms with van der Waals surface area (Å²) < 4.78 is 8.45. The van der Waals surface area contributed by atoms with Gasteiger partial charge < -0.3 is 10.6 Å². The number of nitrogens with zero attached hydrogens (tertiary/aromatic N) is 5. The van der Waals surface area contributed by atoms with Gasteiger partial charge in [0.1, 0.15) is 16.9 Å². The highest BCUT2D eigenvalue weighted by atomic mass is 35.5. The van der Waals surface area contributed by atoms with Crippen LogP contribution < -0.4 is 16.0 Å². The maximum atomic E-state index is 12.5. The molecule has 174 valence electrons. The quantitative estimate of drug-likeness (QED) is 0.244. The van der Waals surface area contributed by atoms with E-state index in [0.717, 1.165) is 28.4 Å². The third-order valence-electron chi connectivity index (χ3n) is 4.87. The van der Waals surface area contributed by atoms with Gasteiger partial charge in [-0.2, -0.15) is 13.7 Å². The molecule has 0 saturated heterocycles.